The molecule has 0 atom stereocenters. The minimum atomic E-state index is -3.66. The van der Waals surface area contributed by atoms with Gasteiger partial charge >= 0.3 is 5.97 Å². The van der Waals surface area contributed by atoms with Crippen LogP contribution in [0.1, 0.15) is 36.8 Å². The van der Waals surface area contributed by atoms with Crippen LogP contribution in [0.5, 0.6) is 5.75 Å². The van der Waals surface area contributed by atoms with Gasteiger partial charge < -0.3 is 14.8 Å². The van der Waals surface area contributed by atoms with Crippen LogP contribution in [0.25, 0.3) is 0 Å². The second kappa shape index (κ2) is 11.3. The number of amides is 1. The van der Waals surface area contributed by atoms with Crippen LogP contribution in [0.4, 0.5) is 5.69 Å². The molecule has 8 nitrogen and oxygen atoms in total. The number of carbonyl (C=O) groups excluding carboxylic acids is 2. The van der Waals surface area contributed by atoms with E-state index in [1.807, 2.05) is 19.1 Å². The second-order valence-corrected chi connectivity index (χ2v) is 9.97. The molecule has 178 valence electrons. The first-order chi connectivity index (χ1) is 15.8. The molecule has 33 heavy (non-hydrogen) atoms. The number of esters is 1. The van der Waals surface area contributed by atoms with E-state index < -0.39 is 28.5 Å². The standard InChI is InChI=1S/C24H30N2O6S/c1-18-9-5-6-10-21(18)31-17-24(28)32-16-23(27)25-20-12-11-19(2)22(15-20)33(29,30)26-13-7-3-4-8-14-26/h5-6,9-12,15H,3-4,7-8,13-14,16-17H2,1-2H3,(H,25,27). The zero-order chi connectivity index (χ0) is 23.8. The number of nitrogens with one attached hydrogen (secondary N) is 1. The Labute approximate surface area is 194 Å². The zero-order valence-electron chi connectivity index (χ0n) is 19.0. The van der Waals surface area contributed by atoms with Crippen molar-refractivity contribution in [2.45, 2.75) is 44.4 Å². The lowest BCUT2D eigenvalue weighted by Crippen LogP contribution is -2.32. The van der Waals surface area contributed by atoms with Crippen LogP contribution in [-0.4, -0.2) is 50.9 Å². The number of ether oxygens (including phenoxy) is 2. The summed E-state index contributed by atoms with van der Waals surface area (Å²) >= 11 is 0. The lowest BCUT2D eigenvalue weighted by atomic mass is 10.2. The summed E-state index contributed by atoms with van der Waals surface area (Å²) < 4.78 is 38.2. The number of sulfonamides is 1. The van der Waals surface area contributed by atoms with Crippen LogP contribution in [0.15, 0.2) is 47.4 Å². The fraction of sp³-hybridized carbons (Fsp3) is 0.417. The van der Waals surface area contributed by atoms with E-state index >= 15 is 0 Å². The Hall–Kier alpha value is -2.91. The van der Waals surface area contributed by atoms with Crippen molar-refractivity contribution in [3.05, 3.63) is 53.6 Å². The molecule has 1 fully saturated rings. The summed E-state index contributed by atoms with van der Waals surface area (Å²) in [6, 6.07) is 12.0. The lowest BCUT2D eigenvalue weighted by molar-refractivity contribution is -0.149. The third-order valence-corrected chi connectivity index (χ3v) is 7.50. The van der Waals surface area contributed by atoms with Crippen molar-refractivity contribution < 1.29 is 27.5 Å². The van der Waals surface area contributed by atoms with Crippen molar-refractivity contribution in [2.24, 2.45) is 0 Å². The van der Waals surface area contributed by atoms with Crippen LogP contribution in [0.2, 0.25) is 0 Å². The SMILES string of the molecule is Cc1ccccc1OCC(=O)OCC(=O)Nc1ccc(C)c(S(=O)(=O)N2CCCCCC2)c1. The monoisotopic (exact) mass is 474 g/mol. The van der Waals surface area contributed by atoms with E-state index in [2.05, 4.69) is 5.32 Å². The average molecular weight is 475 g/mol. The second-order valence-electron chi connectivity index (χ2n) is 8.06. The average Bonchev–Trinajstić information content (AvgIpc) is 3.09. The number of carbonyl (C=O) groups is 2. The number of para-hydroxylation sites is 1. The van der Waals surface area contributed by atoms with E-state index in [0.717, 1.165) is 31.2 Å². The molecule has 0 spiro atoms. The molecule has 1 aliphatic heterocycles. The van der Waals surface area contributed by atoms with E-state index in [9.17, 15) is 18.0 Å². The molecule has 1 heterocycles. The van der Waals surface area contributed by atoms with E-state index in [0.29, 0.717) is 30.1 Å². The summed E-state index contributed by atoms with van der Waals surface area (Å²) in [5.41, 5.74) is 1.82. The largest absolute Gasteiger partial charge is 0.482 e. The Morgan fingerprint density at radius 1 is 0.939 bits per heavy atom. The number of benzene rings is 2. The van der Waals surface area contributed by atoms with Gasteiger partial charge in [0.2, 0.25) is 10.0 Å². The predicted molar refractivity (Wildman–Crippen MR) is 125 cm³/mol. The first-order valence-electron chi connectivity index (χ1n) is 11.0. The third kappa shape index (κ3) is 6.79. The Balaban J connectivity index is 1.56. The van der Waals surface area contributed by atoms with Crippen molar-refractivity contribution in [3.8, 4) is 5.75 Å². The van der Waals surface area contributed by atoms with Crippen LogP contribution in [0.3, 0.4) is 0 Å². The highest BCUT2D eigenvalue weighted by molar-refractivity contribution is 7.89. The summed E-state index contributed by atoms with van der Waals surface area (Å²) in [7, 11) is -3.66. The van der Waals surface area contributed by atoms with Crippen molar-refractivity contribution in [2.75, 3.05) is 31.6 Å². The molecule has 0 aromatic heterocycles. The lowest BCUT2D eigenvalue weighted by Gasteiger charge is -2.21. The quantitative estimate of drug-likeness (QED) is 0.588. The maximum absolute atomic E-state index is 13.2. The first kappa shape index (κ1) is 24.7. The Morgan fingerprint density at radius 3 is 2.33 bits per heavy atom. The Bertz CT molecular complexity index is 1090. The van der Waals surface area contributed by atoms with Gasteiger partial charge in [-0.1, -0.05) is 37.1 Å². The molecule has 3 rings (SSSR count). The number of nitrogens with zero attached hydrogens (tertiary/aromatic N) is 1. The number of aryl methyl sites for hydroxylation is 2. The molecule has 9 heteroatoms. The molecule has 0 bridgehead atoms. The maximum Gasteiger partial charge on any atom is 0.344 e. The van der Waals surface area contributed by atoms with Gasteiger partial charge in [0.1, 0.15) is 5.75 Å². The van der Waals surface area contributed by atoms with Crippen molar-refractivity contribution in [1.29, 1.82) is 0 Å². The van der Waals surface area contributed by atoms with E-state index in [4.69, 9.17) is 9.47 Å². The van der Waals surface area contributed by atoms with Gasteiger partial charge in [-0.15, -0.1) is 0 Å². The summed E-state index contributed by atoms with van der Waals surface area (Å²) in [5, 5.41) is 2.60. The van der Waals surface area contributed by atoms with Crippen molar-refractivity contribution >= 4 is 27.6 Å². The van der Waals surface area contributed by atoms with Gasteiger partial charge in [-0.25, -0.2) is 13.2 Å². The minimum absolute atomic E-state index is 0.172. The van der Waals surface area contributed by atoms with Crippen LogP contribution in [-0.2, 0) is 24.3 Å². The normalized spacial score (nSPS) is 14.8. The molecule has 0 saturated carbocycles. The van der Waals surface area contributed by atoms with E-state index in [1.54, 1.807) is 31.2 Å². The molecular formula is C24H30N2O6S. The summed E-state index contributed by atoms with van der Waals surface area (Å²) in [4.78, 5) is 24.3. The number of hydrogen-bond donors (Lipinski definition) is 1. The predicted octanol–water partition coefficient (Wildman–Crippen LogP) is 3.43. The fourth-order valence-corrected chi connectivity index (χ4v) is 5.38. The summed E-state index contributed by atoms with van der Waals surface area (Å²) in [6.07, 6.45) is 3.73. The molecule has 0 unspecified atom stereocenters. The summed E-state index contributed by atoms with van der Waals surface area (Å²) in [6.45, 7) is 3.76. The topological polar surface area (TPSA) is 102 Å². The molecule has 1 N–H and O–H groups in total. The number of rotatable bonds is 8. The molecule has 1 aliphatic rings. The molecule has 0 aliphatic carbocycles. The van der Waals surface area contributed by atoms with E-state index in [-0.39, 0.29) is 11.5 Å². The van der Waals surface area contributed by atoms with Crippen LogP contribution < -0.4 is 10.1 Å². The molecule has 2 aromatic rings. The molecule has 2 aromatic carbocycles. The van der Waals surface area contributed by atoms with Gasteiger partial charge in [0.25, 0.3) is 5.91 Å². The summed E-state index contributed by atoms with van der Waals surface area (Å²) in [5.74, 6) is -0.681. The van der Waals surface area contributed by atoms with Gasteiger partial charge in [0.05, 0.1) is 4.90 Å². The van der Waals surface area contributed by atoms with Crippen LogP contribution >= 0.6 is 0 Å². The highest BCUT2D eigenvalue weighted by Crippen LogP contribution is 2.26. The smallest absolute Gasteiger partial charge is 0.344 e. The molecule has 1 saturated heterocycles. The first-order valence-corrected chi connectivity index (χ1v) is 12.5. The maximum atomic E-state index is 13.2. The minimum Gasteiger partial charge on any atom is -0.482 e. The van der Waals surface area contributed by atoms with Gasteiger partial charge in [-0.05, 0) is 56.0 Å². The number of anilines is 1. The fourth-order valence-electron chi connectivity index (χ4n) is 3.62. The van der Waals surface area contributed by atoms with Crippen molar-refractivity contribution in [3.63, 3.8) is 0 Å². The van der Waals surface area contributed by atoms with E-state index in [1.165, 1.54) is 10.4 Å². The molecule has 0 radical (unpaired) electrons. The number of hydrogen-bond acceptors (Lipinski definition) is 6. The van der Waals surface area contributed by atoms with Gasteiger partial charge in [-0.3, -0.25) is 4.79 Å². The highest BCUT2D eigenvalue weighted by atomic mass is 32.2. The third-order valence-electron chi connectivity index (χ3n) is 5.46. The van der Waals surface area contributed by atoms with Gasteiger partial charge in [0, 0.05) is 18.8 Å². The van der Waals surface area contributed by atoms with Crippen molar-refractivity contribution in [1.82, 2.24) is 4.31 Å². The van der Waals surface area contributed by atoms with Crippen LogP contribution in [0, 0.1) is 13.8 Å². The molecule has 1 amide bonds. The Morgan fingerprint density at radius 2 is 1.64 bits per heavy atom. The van der Waals surface area contributed by atoms with Gasteiger partial charge in [0.15, 0.2) is 13.2 Å². The van der Waals surface area contributed by atoms with Gasteiger partial charge in [-0.2, -0.15) is 4.31 Å². The highest BCUT2D eigenvalue weighted by Gasteiger charge is 2.27. The Kier molecular flexibility index (Phi) is 8.46. The zero-order valence-corrected chi connectivity index (χ0v) is 19.8. The molecular weight excluding hydrogens is 444 g/mol.